The van der Waals surface area contributed by atoms with Crippen molar-refractivity contribution in [3.63, 3.8) is 0 Å². The molecule has 2 N–H and O–H groups in total. The molecule has 0 spiro atoms. The van der Waals surface area contributed by atoms with Crippen molar-refractivity contribution in [3.8, 4) is 0 Å². The topological polar surface area (TPSA) is 24.1 Å². The van der Waals surface area contributed by atoms with Gasteiger partial charge in [-0.05, 0) is 52.6 Å². The van der Waals surface area contributed by atoms with E-state index < -0.39 is 0 Å². The second kappa shape index (κ2) is 11.4. The van der Waals surface area contributed by atoms with Crippen LogP contribution >= 0.6 is 0 Å². The molecular weight excluding hydrogens is 196 g/mol. The predicted molar refractivity (Wildman–Crippen MR) is 74.0 cm³/mol. The van der Waals surface area contributed by atoms with E-state index in [0.717, 1.165) is 12.1 Å². The second-order valence-electron chi connectivity index (χ2n) is 4.70. The van der Waals surface area contributed by atoms with Gasteiger partial charge in [-0.15, -0.1) is 0 Å². The Labute approximate surface area is 103 Å². The van der Waals surface area contributed by atoms with Gasteiger partial charge in [-0.25, -0.2) is 0 Å². The van der Waals surface area contributed by atoms with E-state index in [4.69, 9.17) is 0 Å². The van der Waals surface area contributed by atoms with Gasteiger partial charge < -0.3 is 10.6 Å². The van der Waals surface area contributed by atoms with E-state index in [-0.39, 0.29) is 0 Å². The maximum atomic E-state index is 3.38. The molecule has 0 aliphatic carbocycles. The fraction of sp³-hybridized carbons (Fsp3) is 1.00. The molecule has 2 aliphatic heterocycles. The molecule has 2 nitrogen and oxygen atoms in total. The first-order valence-corrected chi connectivity index (χ1v) is 7.26. The smallest absolute Gasteiger partial charge is 0.00387 e. The lowest BCUT2D eigenvalue weighted by molar-refractivity contribution is 0.425. The van der Waals surface area contributed by atoms with Crippen LogP contribution in [0.25, 0.3) is 0 Å². The number of nitrogens with one attached hydrogen (secondary N) is 2. The Kier molecular flexibility index (Phi) is 11.3. The monoisotopic (exact) mass is 228 g/mol. The molecule has 16 heavy (non-hydrogen) atoms. The molecule has 2 fully saturated rings. The van der Waals surface area contributed by atoms with Gasteiger partial charge in [0.15, 0.2) is 0 Å². The minimum Gasteiger partial charge on any atom is -0.314 e. The third-order valence-corrected chi connectivity index (χ3v) is 3.11. The van der Waals surface area contributed by atoms with Crippen molar-refractivity contribution < 1.29 is 0 Å². The van der Waals surface area contributed by atoms with Gasteiger partial charge in [0.1, 0.15) is 0 Å². The maximum Gasteiger partial charge on any atom is 0.00387 e. The van der Waals surface area contributed by atoms with Crippen LogP contribution < -0.4 is 10.6 Å². The third kappa shape index (κ3) is 9.17. The first kappa shape index (κ1) is 15.9. The first-order valence-electron chi connectivity index (χ1n) is 7.26. The Hall–Kier alpha value is -0.0800. The molecule has 0 aromatic rings. The van der Waals surface area contributed by atoms with E-state index in [1.807, 2.05) is 13.8 Å². The van der Waals surface area contributed by atoms with Crippen LogP contribution in [-0.4, -0.2) is 25.2 Å². The molecule has 2 aliphatic rings. The highest BCUT2D eigenvalue weighted by Gasteiger charge is 2.04. The van der Waals surface area contributed by atoms with Crippen molar-refractivity contribution >= 4 is 0 Å². The summed E-state index contributed by atoms with van der Waals surface area (Å²) in [6, 6.07) is 1.57. The van der Waals surface area contributed by atoms with Crippen LogP contribution in [0.3, 0.4) is 0 Å². The van der Waals surface area contributed by atoms with Crippen molar-refractivity contribution in [2.45, 2.75) is 78.3 Å². The molecule has 2 heterocycles. The molecular formula is C14H32N2. The fourth-order valence-electron chi connectivity index (χ4n) is 2.05. The average Bonchev–Trinajstić information content (AvgIpc) is 2.34. The van der Waals surface area contributed by atoms with E-state index in [1.54, 1.807) is 0 Å². The largest absolute Gasteiger partial charge is 0.314 e. The van der Waals surface area contributed by atoms with E-state index in [0.29, 0.717) is 0 Å². The lowest BCUT2D eigenvalue weighted by Crippen LogP contribution is -2.30. The van der Waals surface area contributed by atoms with Gasteiger partial charge in [0.2, 0.25) is 0 Å². The Balaban J connectivity index is 0.000000244. The van der Waals surface area contributed by atoms with E-state index in [2.05, 4.69) is 24.5 Å². The van der Waals surface area contributed by atoms with Crippen molar-refractivity contribution in [2.75, 3.05) is 13.1 Å². The Morgan fingerprint density at radius 3 is 1.19 bits per heavy atom. The fourth-order valence-corrected chi connectivity index (χ4v) is 2.05. The lowest BCUT2D eigenvalue weighted by atomic mass is 10.1. The molecule has 0 bridgehead atoms. The Morgan fingerprint density at radius 1 is 0.688 bits per heavy atom. The summed E-state index contributed by atoms with van der Waals surface area (Å²) in [5.74, 6) is 0. The average molecular weight is 228 g/mol. The van der Waals surface area contributed by atoms with Gasteiger partial charge in [-0.3, -0.25) is 0 Å². The summed E-state index contributed by atoms with van der Waals surface area (Å²) in [4.78, 5) is 0. The molecule has 1 unspecified atom stereocenters. The van der Waals surface area contributed by atoms with Gasteiger partial charge in [0, 0.05) is 12.1 Å². The minimum atomic E-state index is 0.786. The molecule has 98 valence electrons. The second-order valence-corrected chi connectivity index (χ2v) is 4.70. The van der Waals surface area contributed by atoms with Crippen LogP contribution in [-0.2, 0) is 0 Å². The Bertz CT molecular complexity index is 109. The van der Waals surface area contributed by atoms with Crippen LogP contribution in [0.5, 0.6) is 0 Å². The van der Waals surface area contributed by atoms with Crippen LogP contribution in [0, 0.1) is 0 Å². The van der Waals surface area contributed by atoms with E-state index in [9.17, 15) is 0 Å². The van der Waals surface area contributed by atoms with Crippen molar-refractivity contribution in [1.82, 2.24) is 10.6 Å². The summed E-state index contributed by atoms with van der Waals surface area (Å²) >= 11 is 0. The van der Waals surface area contributed by atoms with Crippen LogP contribution in [0.15, 0.2) is 0 Å². The highest BCUT2D eigenvalue weighted by molar-refractivity contribution is 4.66. The van der Waals surface area contributed by atoms with Crippen LogP contribution in [0.4, 0.5) is 0 Å². The lowest BCUT2D eigenvalue weighted by Gasteiger charge is -2.18. The van der Waals surface area contributed by atoms with Gasteiger partial charge in [0.25, 0.3) is 0 Å². The quantitative estimate of drug-likeness (QED) is 0.664. The van der Waals surface area contributed by atoms with E-state index in [1.165, 1.54) is 51.6 Å². The molecule has 0 aromatic heterocycles. The molecule has 0 saturated carbocycles. The highest BCUT2D eigenvalue weighted by Crippen LogP contribution is 2.05. The zero-order chi connectivity index (χ0) is 12.2. The number of hydrogen-bond acceptors (Lipinski definition) is 2. The number of piperidine rings is 2. The van der Waals surface area contributed by atoms with Crippen LogP contribution in [0.1, 0.15) is 66.2 Å². The van der Waals surface area contributed by atoms with Gasteiger partial charge in [0.05, 0.1) is 0 Å². The predicted octanol–water partition coefficient (Wildman–Crippen LogP) is 3.32. The molecule has 0 aromatic carbocycles. The number of hydrogen-bond donors (Lipinski definition) is 2. The summed E-state index contributed by atoms with van der Waals surface area (Å²) in [7, 11) is 0. The zero-order valence-corrected chi connectivity index (χ0v) is 11.8. The maximum absolute atomic E-state index is 3.38. The zero-order valence-electron chi connectivity index (χ0n) is 11.8. The van der Waals surface area contributed by atoms with Gasteiger partial charge in [-0.1, -0.05) is 26.7 Å². The molecule has 2 saturated heterocycles. The van der Waals surface area contributed by atoms with Crippen molar-refractivity contribution in [3.05, 3.63) is 0 Å². The molecule has 2 rings (SSSR count). The Morgan fingerprint density at radius 2 is 1.06 bits per heavy atom. The molecule has 0 radical (unpaired) electrons. The highest BCUT2D eigenvalue weighted by atomic mass is 14.9. The molecule has 2 heteroatoms. The summed E-state index contributed by atoms with van der Waals surface area (Å²) in [6.45, 7) is 11.0. The summed E-state index contributed by atoms with van der Waals surface area (Å²) in [6.07, 6.45) is 8.36. The third-order valence-electron chi connectivity index (χ3n) is 3.11. The summed E-state index contributed by atoms with van der Waals surface area (Å²) in [5, 5.41) is 6.76. The van der Waals surface area contributed by atoms with Crippen molar-refractivity contribution in [2.24, 2.45) is 0 Å². The minimum absolute atomic E-state index is 0.786. The van der Waals surface area contributed by atoms with E-state index >= 15 is 0 Å². The van der Waals surface area contributed by atoms with Crippen molar-refractivity contribution in [1.29, 1.82) is 0 Å². The summed E-state index contributed by atoms with van der Waals surface area (Å²) in [5.41, 5.74) is 0. The van der Waals surface area contributed by atoms with Crippen LogP contribution in [0.2, 0.25) is 0 Å². The normalized spacial score (nSPS) is 29.2. The van der Waals surface area contributed by atoms with Gasteiger partial charge in [-0.2, -0.15) is 0 Å². The summed E-state index contributed by atoms with van der Waals surface area (Å²) < 4.78 is 0. The van der Waals surface area contributed by atoms with Gasteiger partial charge >= 0.3 is 0 Å². The number of rotatable bonds is 0. The SMILES string of the molecule is CC.CC1CCCCN1.C[C@H]1CCCCN1. The first-order chi connectivity index (χ1) is 7.79. The molecule has 2 atom stereocenters. The molecule has 0 amide bonds. The standard InChI is InChI=1S/2C6H13N.C2H6/c2*1-6-4-2-3-5-7-6;1-2/h2*6-7H,2-5H2,1H3;1-2H3/t6-;;/m0../s1.